The summed E-state index contributed by atoms with van der Waals surface area (Å²) in [7, 11) is 0. The van der Waals surface area contributed by atoms with Gasteiger partial charge in [0.1, 0.15) is 5.01 Å². The molecule has 3 nitrogen and oxygen atoms in total. The first-order chi connectivity index (χ1) is 10.8. The van der Waals surface area contributed by atoms with Crippen molar-refractivity contribution >= 4 is 11.3 Å². The van der Waals surface area contributed by atoms with E-state index in [1.807, 2.05) is 6.20 Å². The van der Waals surface area contributed by atoms with Crippen LogP contribution in [0.4, 0.5) is 0 Å². The first-order valence-electron chi connectivity index (χ1n) is 8.23. The van der Waals surface area contributed by atoms with Crippen molar-refractivity contribution in [2.24, 2.45) is 0 Å². The molecule has 1 aromatic carbocycles. The van der Waals surface area contributed by atoms with Gasteiger partial charge in [-0.05, 0) is 38.0 Å². The lowest BCUT2D eigenvalue weighted by Gasteiger charge is -2.44. The molecule has 2 heterocycles. The molecule has 0 spiro atoms. The molecule has 2 atom stereocenters. The number of aromatic nitrogens is 1. The number of hydrogen-bond acceptors (Lipinski definition) is 4. The lowest BCUT2D eigenvalue weighted by atomic mass is 9.72. The quantitative estimate of drug-likeness (QED) is 0.915. The number of rotatable bonds is 5. The van der Waals surface area contributed by atoms with E-state index < -0.39 is 0 Å². The van der Waals surface area contributed by atoms with Gasteiger partial charge in [-0.15, -0.1) is 11.3 Å². The minimum atomic E-state index is 0.0495. The third kappa shape index (κ3) is 2.83. The second-order valence-corrected chi connectivity index (χ2v) is 6.83. The molecule has 4 heteroatoms. The molecule has 2 unspecified atom stereocenters. The first kappa shape index (κ1) is 15.7. The average Bonchev–Trinajstić information content (AvgIpc) is 3.12. The Labute approximate surface area is 137 Å². The van der Waals surface area contributed by atoms with Crippen LogP contribution in [0.5, 0.6) is 0 Å². The Balaban J connectivity index is 2.00. The molecule has 0 bridgehead atoms. The standard InChI is InChI=1S/C18H25N3S/c1-3-21(4-2)16-14-18(10-11-19-16,17-20-12-13-22-17)15-8-6-5-7-9-15/h5-9,12-13,16,19H,3-4,10-11,14H2,1-2H3. The van der Waals surface area contributed by atoms with E-state index in [0.717, 1.165) is 32.5 Å². The maximum Gasteiger partial charge on any atom is 0.103 e. The summed E-state index contributed by atoms with van der Waals surface area (Å²) in [6.45, 7) is 7.68. The fourth-order valence-corrected chi connectivity index (χ4v) is 4.58. The molecule has 1 N–H and O–H groups in total. The van der Waals surface area contributed by atoms with Crippen molar-refractivity contribution in [2.75, 3.05) is 19.6 Å². The molecule has 0 aliphatic carbocycles. The Bertz CT molecular complexity index is 565. The highest BCUT2D eigenvalue weighted by molar-refractivity contribution is 7.09. The van der Waals surface area contributed by atoms with Gasteiger partial charge in [0.25, 0.3) is 0 Å². The van der Waals surface area contributed by atoms with Gasteiger partial charge in [0, 0.05) is 11.6 Å². The van der Waals surface area contributed by atoms with Crippen LogP contribution in [0.15, 0.2) is 41.9 Å². The molecule has 1 aromatic heterocycles. The molecule has 1 aliphatic heterocycles. The molecule has 1 fully saturated rings. The van der Waals surface area contributed by atoms with Crippen molar-refractivity contribution in [1.82, 2.24) is 15.2 Å². The molecule has 0 radical (unpaired) electrons. The predicted octanol–water partition coefficient (Wildman–Crippen LogP) is 3.48. The Hall–Kier alpha value is -1.23. The van der Waals surface area contributed by atoms with Crippen LogP contribution in [-0.4, -0.2) is 35.7 Å². The van der Waals surface area contributed by atoms with Crippen LogP contribution in [0.25, 0.3) is 0 Å². The average molecular weight is 315 g/mol. The summed E-state index contributed by atoms with van der Waals surface area (Å²) in [5.74, 6) is 0. The highest BCUT2D eigenvalue weighted by Gasteiger charge is 2.42. The lowest BCUT2D eigenvalue weighted by Crippen LogP contribution is -2.55. The van der Waals surface area contributed by atoms with Crippen LogP contribution in [0.1, 0.15) is 37.3 Å². The third-order valence-electron chi connectivity index (χ3n) is 4.89. The summed E-state index contributed by atoms with van der Waals surface area (Å²) in [6.07, 6.45) is 4.57. The normalized spacial score (nSPS) is 25.5. The van der Waals surface area contributed by atoms with Gasteiger partial charge < -0.3 is 5.32 Å². The molecule has 3 rings (SSSR count). The zero-order chi connectivity index (χ0) is 15.4. The van der Waals surface area contributed by atoms with E-state index in [1.165, 1.54) is 10.6 Å². The van der Waals surface area contributed by atoms with Gasteiger partial charge in [0.2, 0.25) is 0 Å². The Morgan fingerprint density at radius 1 is 1.27 bits per heavy atom. The van der Waals surface area contributed by atoms with Crippen molar-refractivity contribution in [1.29, 1.82) is 0 Å². The summed E-state index contributed by atoms with van der Waals surface area (Å²) in [5.41, 5.74) is 1.46. The van der Waals surface area contributed by atoms with E-state index in [-0.39, 0.29) is 5.41 Å². The molecule has 22 heavy (non-hydrogen) atoms. The van der Waals surface area contributed by atoms with Crippen LogP contribution in [0.3, 0.4) is 0 Å². The summed E-state index contributed by atoms with van der Waals surface area (Å²) in [4.78, 5) is 7.22. The largest absolute Gasteiger partial charge is 0.302 e. The lowest BCUT2D eigenvalue weighted by molar-refractivity contribution is 0.120. The summed E-state index contributed by atoms with van der Waals surface area (Å²) >= 11 is 1.79. The monoisotopic (exact) mass is 315 g/mol. The van der Waals surface area contributed by atoms with E-state index in [2.05, 4.69) is 59.8 Å². The molecule has 1 saturated heterocycles. The molecule has 0 saturated carbocycles. The van der Waals surface area contributed by atoms with Gasteiger partial charge in [0.15, 0.2) is 0 Å². The van der Waals surface area contributed by atoms with E-state index in [9.17, 15) is 0 Å². The van der Waals surface area contributed by atoms with Crippen LogP contribution in [0, 0.1) is 0 Å². The van der Waals surface area contributed by atoms with Gasteiger partial charge in [0.05, 0.1) is 11.6 Å². The van der Waals surface area contributed by atoms with Gasteiger partial charge >= 0.3 is 0 Å². The number of piperidine rings is 1. The topological polar surface area (TPSA) is 28.2 Å². The predicted molar refractivity (Wildman–Crippen MR) is 93.3 cm³/mol. The second kappa shape index (κ2) is 6.90. The van der Waals surface area contributed by atoms with Crippen LogP contribution in [0.2, 0.25) is 0 Å². The minimum absolute atomic E-state index is 0.0495. The second-order valence-electron chi connectivity index (χ2n) is 5.93. The molecule has 0 amide bonds. The third-order valence-corrected chi connectivity index (χ3v) is 5.87. The van der Waals surface area contributed by atoms with E-state index in [0.29, 0.717) is 6.17 Å². The number of benzene rings is 1. The molecule has 1 aliphatic rings. The van der Waals surface area contributed by atoms with Crippen molar-refractivity contribution in [3.05, 3.63) is 52.5 Å². The van der Waals surface area contributed by atoms with Crippen molar-refractivity contribution in [3.8, 4) is 0 Å². The van der Waals surface area contributed by atoms with Gasteiger partial charge in [-0.2, -0.15) is 0 Å². The van der Waals surface area contributed by atoms with Crippen LogP contribution < -0.4 is 5.32 Å². The van der Waals surface area contributed by atoms with E-state index >= 15 is 0 Å². The highest BCUT2D eigenvalue weighted by Crippen LogP contribution is 2.42. The number of nitrogens with zero attached hydrogens (tertiary/aromatic N) is 2. The number of thiazole rings is 1. The molecule has 2 aromatic rings. The van der Waals surface area contributed by atoms with Crippen molar-refractivity contribution < 1.29 is 0 Å². The number of hydrogen-bond donors (Lipinski definition) is 1. The Morgan fingerprint density at radius 2 is 2.05 bits per heavy atom. The minimum Gasteiger partial charge on any atom is -0.302 e. The first-order valence-corrected chi connectivity index (χ1v) is 9.11. The van der Waals surface area contributed by atoms with Gasteiger partial charge in [-0.25, -0.2) is 4.98 Å². The fraction of sp³-hybridized carbons (Fsp3) is 0.500. The zero-order valence-corrected chi connectivity index (χ0v) is 14.3. The van der Waals surface area contributed by atoms with Crippen LogP contribution >= 0.6 is 11.3 Å². The SMILES string of the molecule is CCN(CC)C1CC(c2ccccc2)(c2nccs2)CCN1. The molecule has 118 valence electrons. The summed E-state index contributed by atoms with van der Waals surface area (Å²) in [5, 5.41) is 7.08. The van der Waals surface area contributed by atoms with Gasteiger partial charge in [-0.3, -0.25) is 4.90 Å². The summed E-state index contributed by atoms with van der Waals surface area (Å²) in [6, 6.07) is 10.9. The Kier molecular flexibility index (Phi) is 4.91. The maximum atomic E-state index is 4.71. The number of nitrogens with one attached hydrogen (secondary N) is 1. The van der Waals surface area contributed by atoms with Crippen molar-refractivity contribution in [3.63, 3.8) is 0 Å². The summed E-state index contributed by atoms with van der Waals surface area (Å²) < 4.78 is 0. The molecular formula is C18H25N3S. The smallest absolute Gasteiger partial charge is 0.103 e. The Morgan fingerprint density at radius 3 is 2.68 bits per heavy atom. The van der Waals surface area contributed by atoms with Crippen LogP contribution in [-0.2, 0) is 5.41 Å². The molecular weight excluding hydrogens is 290 g/mol. The maximum absolute atomic E-state index is 4.71. The van der Waals surface area contributed by atoms with Crippen molar-refractivity contribution in [2.45, 2.75) is 38.3 Å². The zero-order valence-electron chi connectivity index (χ0n) is 13.5. The fourth-order valence-electron chi connectivity index (χ4n) is 3.68. The van der Waals surface area contributed by atoms with Gasteiger partial charge in [-0.1, -0.05) is 44.2 Å². The highest BCUT2D eigenvalue weighted by atomic mass is 32.1. The van der Waals surface area contributed by atoms with E-state index in [4.69, 9.17) is 4.98 Å². The van der Waals surface area contributed by atoms with E-state index in [1.54, 1.807) is 11.3 Å².